The third-order valence-electron chi connectivity index (χ3n) is 5.59. The van der Waals surface area contributed by atoms with Crippen LogP contribution in [-0.2, 0) is 17.8 Å². The van der Waals surface area contributed by atoms with E-state index in [1.807, 2.05) is 53.6 Å². The Labute approximate surface area is 173 Å². The minimum Gasteiger partial charge on any atom is -0.497 e. The number of methoxy groups -OCH3 is 1. The molecule has 5 rings (SSSR count). The smallest absolute Gasteiger partial charge is 0.231 e. The summed E-state index contributed by atoms with van der Waals surface area (Å²) in [7, 11) is 1.64. The molecule has 7 heteroatoms. The molecule has 2 aromatic carbocycles. The van der Waals surface area contributed by atoms with Crippen LogP contribution < -0.4 is 4.74 Å². The molecule has 1 atom stereocenters. The molecule has 1 unspecified atom stereocenters. The maximum atomic E-state index is 12.5. The lowest BCUT2D eigenvalue weighted by Gasteiger charge is -2.16. The fourth-order valence-electron chi connectivity index (χ4n) is 4.04. The van der Waals surface area contributed by atoms with Crippen LogP contribution in [0.3, 0.4) is 0 Å². The van der Waals surface area contributed by atoms with Gasteiger partial charge in [0, 0.05) is 42.5 Å². The lowest BCUT2D eigenvalue weighted by Crippen LogP contribution is -2.24. The van der Waals surface area contributed by atoms with Gasteiger partial charge in [0.1, 0.15) is 5.75 Å². The Hall–Kier alpha value is -3.61. The van der Waals surface area contributed by atoms with Crippen LogP contribution in [0, 0.1) is 0 Å². The molecule has 0 radical (unpaired) electrons. The van der Waals surface area contributed by atoms with E-state index >= 15 is 0 Å². The second-order valence-electron chi connectivity index (χ2n) is 7.61. The lowest BCUT2D eigenvalue weighted by molar-refractivity contribution is -0.128. The molecule has 2 aromatic heterocycles. The standard InChI is InChI=1S/C23H22N4O3/c1-29-18-6-4-5-15(9-18)13-27-14-17(11-22(27)28)23-25-21(30-26-23)10-16-12-24-20-8-3-2-7-19(16)20/h2-9,12,17,24H,10-11,13-14H2,1H3. The number of nitrogens with zero attached hydrogens (tertiary/aromatic N) is 3. The quantitative estimate of drug-likeness (QED) is 0.532. The molecule has 0 bridgehead atoms. The van der Waals surface area contributed by atoms with Crippen LogP contribution in [0.25, 0.3) is 10.9 Å². The summed E-state index contributed by atoms with van der Waals surface area (Å²) in [6.45, 7) is 1.13. The Kier molecular flexibility index (Phi) is 4.71. The summed E-state index contributed by atoms with van der Waals surface area (Å²) in [6, 6.07) is 15.9. The van der Waals surface area contributed by atoms with E-state index in [2.05, 4.69) is 21.2 Å². The van der Waals surface area contributed by atoms with Crippen molar-refractivity contribution in [2.45, 2.75) is 25.3 Å². The van der Waals surface area contributed by atoms with Crippen molar-refractivity contribution in [3.63, 3.8) is 0 Å². The second kappa shape index (κ2) is 7.67. The number of aromatic amines is 1. The van der Waals surface area contributed by atoms with Crippen LogP contribution in [0.15, 0.2) is 59.3 Å². The average Bonchev–Trinajstić information content (AvgIpc) is 3.49. The zero-order valence-electron chi connectivity index (χ0n) is 16.7. The maximum Gasteiger partial charge on any atom is 0.231 e. The summed E-state index contributed by atoms with van der Waals surface area (Å²) in [4.78, 5) is 22.2. The Morgan fingerprint density at radius 2 is 2.13 bits per heavy atom. The fourth-order valence-corrected chi connectivity index (χ4v) is 4.04. The SMILES string of the molecule is COc1cccc(CN2CC(c3noc(Cc4c[nH]c5ccccc45)n3)CC2=O)c1. The first-order chi connectivity index (χ1) is 14.7. The largest absolute Gasteiger partial charge is 0.497 e. The van der Waals surface area contributed by atoms with E-state index in [0.29, 0.717) is 37.6 Å². The second-order valence-corrected chi connectivity index (χ2v) is 7.61. The molecule has 1 aliphatic heterocycles. The van der Waals surface area contributed by atoms with Gasteiger partial charge in [-0.25, -0.2) is 0 Å². The van der Waals surface area contributed by atoms with Crippen molar-refractivity contribution in [3.8, 4) is 5.75 Å². The van der Waals surface area contributed by atoms with Crippen molar-refractivity contribution in [1.82, 2.24) is 20.0 Å². The van der Waals surface area contributed by atoms with Crippen LogP contribution in [0.2, 0.25) is 0 Å². The Morgan fingerprint density at radius 3 is 3.03 bits per heavy atom. The predicted molar refractivity (Wildman–Crippen MR) is 111 cm³/mol. The maximum absolute atomic E-state index is 12.5. The van der Waals surface area contributed by atoms with E-state index in [4.69, 9.17) is 9.26 Å². The zero-order valence-corrected chi connectivity index (χ0v) is 16.7. The van der Waals surface area contributed by atoms with Crippen LogP contribution >= 0.6 is 0 Å². The summed E-state index contributed by atoms with van der Waals surface area (Å²) in [6.07, 6.45) is 2.94. The van der Waals surface area contributed by atoms with Crippen molar-refractivity contribution in [2.24, 2.45) is 0 Å². The molecule has 1 N–H and O–H groups in total. The number of likely N-dealkylation sites (tertiary alicyclic amines) is 1. The number of carbonyl (C=O) groups is 1. The first-order valence-electron chi connectivity index (χ1n) is 9.98. The van der Waals surface area contributed by atoms with Crippen molar-refractivity contribution in [2.75, 3.05) is 13.7 Å². The number of carbonyl (C=O) groups excluding carboxylic acids is 1. The molecule has 0 saturated carbocycles. The molecule has 4 aromatic rings. The van der Waals surface area contributed by atoms with Crippen LogP contribution in [0.1, 0.15) is 35.2 Å². The first kappa shape index (κ1) is 18.4. The highest BCUT2D eigenvalue weighted by atomic mass is 16.5. The molecule has 0 spiro atoms. The number of aromatic nitrogens is 3. The predicted octanol–water partition coefficient (Wildman–Crippen LogP) is 3.67. The van der Waals surface area contributed by atoms with Crippen molar-refractivity contribution in [1.29, 1.82) is 0 Å². The first-order valence-corrected chi connectivity index (χ1v) is 9.98. The van der Waals surface area contributed by atoms with E-state index in [0.717, 1.165) is 27.8 Å². The summed E-state index contributed by atoms with van der Waals surface area (Å²) in [5.41, 5.74) is 3.24. The van der Waals surface area contributed by atoms with Gasteiger partial charge in [-0.15, -0.1) is 0 Å². The van der Waals surface area contributed by atoms with Crippen LogP contribution in [0.4, 0.5) is 0 Å². The van der Waals surface area contributed by atoms with Gasteiger partial charge < -0.3 is 19.1 Å². The lowest BCUT2D eigenvalue weighted by atomic mass is 10.1. The number of hydrogen-bond donors (Lipinski definition) is 1. The molecule has 30 heavy (non-hydrogen) atoms. The number of H-pyrrole nitrogens is 1. The van der Waals surface area contributed by atoms with E-state index < -0.39 is 0 Å². The highest BCUT2D eigenvalue weighted by molar-refractivity contribution is 5.83. The molecule has 0 aliphatic carbocycles. The van der Waals surface area contributed by atoms with Gasteiger partial charge in [0.05, 0.1) is 13.5 Å². The minimum absolute atomic E-state index is 0.0522. The molecule has 3 heterocycles. The Balaban J connectivity index is 1.27. The van der Waals surface area contributed by atoms with Gasteiger partial charge in [-0.2, -0.15) is 4.98 Å². The molecule has 1 amide bonds. The minimum atomic E-state index is -0.0522. The number of para-hydroxylation sites is 1. The van der Waals surface area contributed by atoms with Gasteiger partial charge in [-0.1, -0.05) is 35.5 Å². The monoisotopic (exact) mass is 402 g/mol. The van der Waals surface area contributed by atoms with E-state index in [-0.39, 0.29) is 11.8 Å². The fraction of sp³-hybridized carbons (Fsp3) is 0.261. The van der Waals surface area contributed by atoms with E-state index in [1.165, 1.54) is 0 Å². The normalized spacial score (nSPS) is 16.5. The third-order valence-corrected chi connectivity index (χ3v) is 5.59. The van der Waals surface area contributed by atoms with Gasteiger partial charge in [0.15, 0.2) is 5.82 Å². The van der Waals surface area contributed by atoms with Crippen molar-refractivity contribution >= 4 is 16.8 Å². The molecular formula is C23H22N4O3. The third kappa shape index (κ3) is 3.54. The van der Waals surface area contributed by atoms with Crippen molar-refractivity contribution < 1.29 is 14.1 Å². The number of ether oxygens (including phenoxy) is 1. The molecule has 1 aliphatic rings. The molecule has 7 nitrogen and oxygen atoms in total. The average molecular weight is 402 g/mol. The summed E-state index contributed by atoms with van der Waals surface area (Å²) < 4.78 is 10.8. The Morgan fingerprint density at radius 1 is 1.23 bits per heavy atom. The summed E-state index contributed by atoms with van der Waals surface area (Å²) in [5, 5.41) is 5.32. The van der Waals surface area contributed by atoms with Crippen LogP contribution in [-0.4, -0.2) is 39.6 Å². The number of rotatable bonds is 6. The molecule has 152 valence electrons. The molecule has 1 fully saturated rings. The van der Waals surface area contributed by atoms with Crippen LogP contribution in [0.5, 0.6) is 5.75 Å². The Bertz CT molecular complexity index is 1200. The number of fused-ring (bicyclic) bond motifs is 1. The topological polar surface area (TPSA) is 84.2 Å². The highest BCUT2D eigenvalue weighted by Gasteiger charge is 2.33. The van der Waals surface area contributed by atoms with Crippen molar-refractivity contribution in [3.05, 3.63) is 77.6 Å². The summed E-state index contributed by atoms with van der Waals surface area (Å²) >= 11 is 0. The number of amides is 1. The summed E-state index contributed by atoms with van der Waals surface area (Å²) in [5.74, 6) is 2.00. The van der Waals surface area contributed by atoms with E-state index in [1.54, 1.807) is 7.11 Å². The number of nitrogens with one attached hydrogen (secondary N) is 1. The molecule has 1 saturated heterocycles. The van der Waals surface area contributed by atoms with E-state index in [9.17, 15) is 4.79 Å². The van der Waals surface area contributed by atoms with Gasteiger partial charge in [0.25, 0.3) is 0 Å². The highest BCUT2D eigenvalue weighted by Crippen LogP contribution is 2.29. The van der Waals surface area contributed by atoms with Gasteiger partial charge in [-0.05, 0) is 29.3 Å². The zero-order chi connectivity index (χ0) is 20.5. The van der Waals surface area contributed by atoms with Gasteiger partial charge >= 0.3 is 0 Å². The van der Waals surface area contributed by atoms with Gasteiger partial charge in [-0.3, -0.25) is 4.79 Å². The number of benzene rings is 2. The van der Waals surface area contributed by atoms with Gasteiger partial charge in [0.2, 0.25) is 11.8 Å². The molecular weight excluding hydrogens is 380 g/mol. The number of hydrogen-bond acceptors (Lipinski definition) is 5.